The molecular weight excluding hydrogens is 462 g/mol. The van der Waals surface area contributed by atoms with Crippen LogP contribution in [0.5, 0.6) is 11.5 Å². The number of nitrogens with one attached hydrogen (secondary N) is 1. The lowest BCUT2D eigenvalue weighted by Crippen LogP contribution is -2.30. The number of methoxy groups -OCH3 is 2. The van der Waals surface area contributed by atoms with Crippen LogP contribution in [0.15, 0.2) is 31.8 Å². The summed E-state index contributed by atoms with van der Waals surface area (Å²) in [7, 11) is 3.16. The molecule has 2 aromatic rings. The Bertz CT molecular complexity index is 720. The molecule has 8 heteroatoms. The number of carbonyl (C=O) groups is 1. The van der Waals surface area contributed by atoms with Gasteiger partial charge in [0.05, 0.1) is 21.8 Å². The largest absolute Gasteiger partial charge is 0.493 e. The Balaban J connectivity index is 1.92. The molecule has 1 aromatic heterocycles. The number of thiophene rings is 1. The molecule has 2 rings (SSSR count). The third kappa shape index (κ3) is 4.72. The van der Waals surface area contributed by atoms with Crippen molar-refractivity contribution < 1.29 is 19.4 Å². The molecule has 1 heterocycles. The first-order chi connectivity index (χ1) is 11.5. The normalized spacial score (nSPS) is 11.9. The van der Waals surface area contributed by atoms with Crippen LogP contribution in [-0.2, 0) is 11.2 Å². The maximum atomic E-state index is 12.1. The summed E-state index contributed by atoms with van der Waals surface area (Å²) in [4.78, 5) is 12.1. The summed E-state index contributed by atoms with van der Waals surface area (Å²) >= 11 is 8.09. The Morgan fingerprint density at radius 3 is 2.54 bits per heavy atom. The van der Waals surface area contributed by atoms with E-state index in [4.69, 9.17) is 9.47 Å². The number of hydrogen-bond donors (Lipinski definition) is 2. The average Bonchev–Trinajstić information content (AvgIpc) is 2.92. The van der Waals surface area contributed by atoms with Gasteiger partial charge in [0, 0.05) is 12.1 Å². The van der Waals surface area contributed by atoms with Crippen LogP contribution in [0, 0.1) is 0 Å². The molecular formula is C16H17Br2NO4S. The molecule has 1 unspecified atom stereocenters. The fourth-order valence-corrected chi connectivity index (χ4v) is 5.03. The summed E-state index contributed by atoms with van der Waals surface area (Å²) in [6.45, 7) is 0.411. The molecule has 2 N–H and O–H groups in total. The molecule has 0 saturated heterocycles. The van der Waals surface area contributed by atoms with E-state index in [1.54, 1.807) is 20.3 Å². The molecule has 0 fully saturated rings. The molecule has 0 radical (unpaired) electrons. The van der Waals surface area contributed by atoms with E-state index in [1.807, 2.05) is 18.2 Å². The average molecular weight is 479 g/mol. The lowest BCUT2D eigenvalue weighted by molar-refractivity contribution is -0.129. The van der Waals surface area contributed by atoms with Gasteiger partial charge in [0.2, 0.25) is 0 Å². The highest BCUT2D eigenvalue weighted by Crippen LogP contribution is 2.35. The quantitative estimate of drug-likeness (QED) is 0.636. The number of aliphatic hydroxyl groups excluding tert-OH is 1. The van der Waals surface area contributed by atoms with Crippen molar-refractivity contribution in [3.05, 3.63) is 43.0 Å². The summed E-state index contributed by atoms with van der Waals surface area (Å²) in [6.07, 6.45) is -0.583. The highest BCUT2D eigenvalue weighted by atomic mass is 79.9. The van der Waals surface area contributed by atoms with Crippen LogP contribution >= 0.6 is 43.2 Å². The summed E-state index contributed by atoms with van der Waals surface area (Å²) in [5.74, 6) is 0.878. The van der Waals surface area contributed by atoms with Crippen molar-refractivity contribution >= 4 is 49.1 Å². The smallest absolute Gasteiger partial charge is 0.253 e. The third-order valence-corrected chi connectivity index (χ3v) is 5.77. The van der Waals surface area contributed by atoms with E-state index in [0.717, 1.165) is 13.1 Å². The number of ether oxygens (including phenoxy) is 2. The molecule has 0 spiro atoms. The van der Waals surface area contributed by atoms with Gasteiger partial charge in [-0.05, 0) is 62.0 Å². The van der Waals surface area contributed by atoms with Crippen molar-refractivity contribution in [3.63, 3.8) is 0 Å². The predicted molar refractivity (Wildman–Crippen MR) is 101 cm³/mol. The van der Waals surface area contributed by atoms with Crippen molar-refractivity contribution in [3.8, 4) is 11.5 Å². The van der Waals surface area contributed by atoms with Crippen LogP contribution < -0.4 is 14.8 Å². The minimum atomic E-state index is -1.20. The molecule has 0 aliphatic carbocycles. The first-order valence-corrected chi connectivity index (χ1v) is 9.48. The van der Waals surface area contributed by atoms with E-state index in [0.29, 0.717) is 30.0 Å². The van der Waals surface area contributed by atoms with E-state index in [9.17, 15) is 9.90 Å². The van der Waals surface area contributed by atoms with Crippen LogP contribution in [0.4, 0.5) is 0 Å². The Morgan fingerprint density at radius 1 is 1.25 bits per heavy atom. The number of halogens is 2. The minimum absolute atomic E-state index is 0.411. The van der Waals surface area contributed by atoms with Gasteiger partial charge in [-0.3, -0.25) is 4.79 Å². The molecule has 130 valence electrons. The number of aliphatic hydroxyl groups is 1. The highest BCUT2D eigenvalue weighted by molar-refractivity contribution is 9.12. The Hall–Kier alpha value is -1.09. The number of hydrogen-bond acceptors (Lipinski definition) is 5. The molecule has 0 aliphatic rings. The fourth-order valence-electron chi connectivity index (χ4n) is 2.14. The Morgan fingerprint density at radius 2 is 1.96 bits per heavy atom. The summed E-state index contributed by atoms with van der Waals surface area (Å²) in [6, 6.07) is 7.34. The Labute approximate surface area is 161 Å². The summed E-state index contributed by atoms with van der Waals surface area (Å²) < 4.78 is 12.0. The Kier molecular flexibility index (Phi) is 7.09. The van der Waals surface area contributed by atoms with Gasteiger partial charge >= 0.3 is 0 Å². The van der Waals surface area contributed by atoms with E-state index in [2.05, 4.69) is 37.2 Å². The minimum Gasteiger partial charge on any atom is -0.493 e. The second kappa shape index (κ2) is 8.84. The summed E-state index contributed by atoms with van der Waals surface area (Å²) in [5, 5.41) is 12.9. The summed E-state index contributed by atoms with van der Waals surface area (Å²) in [5.41, 5.74) is 1.55. The van der Waals surface area contributed by atoms with Gasteiger partial charge in [0.15, 0.2) is 17.6 Å². The monoisotopic (exact) mass is 477 g/mol. The molecule has 1 atom stereocenters. The standard InChI is InChI=1S/C16H17Br2NO4S/c1-22-11-4-3-9(7-12(11)23-2)5-6-19-16(21)14(20)10-8-13(17)24-15(10)18/h3-4,7-8,14,20H,5-6H2,1-2H3,(H,19,21). The number of amides is 1. The van der Waals surface area contributed by atoms with Crippen molar-refractivity contribution in [2.24, 2.45) is 0 Å². The SMILES string of the molecule is COc1ccc(CCNC(=O)C(O)c2cc(Br)sc2Br)cc1OC. The van der Waals surface area contributed by atoms with Crippen molar-refractivity contribution in [2.75, 3.05) is 20.8 Å². The second-order valence-corrected chi connectivity index (χ2v) is 8.66. The third-order valence-electron chi connectivity index (χ3n) is 3.39. The van der Waals surface area contributed by atoms with Crippen LogP contribution in [0.3, 0.4) is 0 Å². The van der Waals surface area contributed by atoms with Gasteiger partial charge in [-0.1, -0.05) is 6.07 Å². The number of carbonyl (C=O) groups excluding carboxylic acids is 1. The van der Waals surface area contributed by atoms with Gasteiger partial charge < -0.3 is 19.9 Å². The number of benzene rings is 1. The van der Waals surface area contributed by atoms with Crippen LogP contribution in [-0.4, -0.2) is 31.8 Å². The van der Waals surface area contributed by atoms with Gasteiger partial charge in [0.1, 0.15) is 0 Å². The van der Waals surface area contributed by atoms with E-state index in [-0.39, 0.29) is 0 Å². The molecule has 1 amide bonds. The van der Waals surface area contributed by atoms with Gasteiger partial charge in [-0.25, -0.2) is 0 Å². The van der Waals surface area contributed by atoms with Crippen molar-refractivity contribution in [1.82, 2.24) is 5.32 Å². The van der Waals surface area contributed by atoms with E-state index < -0.39 is 12.0 Å². The van der Waals surface area contributed by atoms with E-state index >= 15 is 0 Å². The molecule has 0 aliphatic heterocycles. The molecule has 0 bridgehead atoms. The predicted octanol–water partition coefficient (Wildman–Crippen LogP) is 3.68. The van der Waals surface area contributed by atoms with Crippen molar-refractivity contribution in [1.29, 1.82) is 0 Å². The van der Waals surface area contributed by atoms with E-state index in [1.165, 1.54) is 11.3 Å². The molecule has 0 saturated carbocycles. The second-order valence-electron chi connectivity index (χ2n) is 4.91. The zero-order chi connectivity index (χ0) is 17.7. The van der Waals surface area contributed by atoms with Crippen LogP contribution in [0.2, 0.25) is 0 Å². The topological polar surface area (TPSA) is 67.8 Å². The van der Waals surface area contributed by atoms with Gasteiger partial charge in [-0.15, -0.1) is 11.3 Å². The zero-order valence-electron chi connectivity index (χ0n) is 13.1. The maximum Gasteiger partial charge on any atom is 0.253 e. The fraction of sp³-hybridized carbons (Fsp3) is 0.312. The first-order valence-electron chi connectivity index (χ1n) is 7.07. The lowest BCUT2D eigenvalue weighted by atomic mass is 10.1. The highest BCUT2D eigenvalue weighted by Gasteiger charge is 2.21. The maximum absolute atomic E-state index is 12.1. The van der Waals surface area contributed by atoms with Gasteiger partial charge in [0.25, 0.3) is 5.91 Å². The lowest BCUT2D eigenvalue weighted by Gasteiger charge is -2.12. The first kappa shape index (κ1) is 19.2. The van der Waals surface area contributed by atoms with Gasteiger partial charge in [-0.2, -0.15) is 0 Å². The van der Waals surface area contributed by atoms with Crippen molar-refractivity contribution in [2.45, 2.75) is 12.5 Å². The number of rotatable bonds is 7. The van der Waals surface area contributed by atoms with Crippen LogP contribution in [0.1, 0.15) is 17.2 Å². The molecule has 5 nitrogen and oxygen atoms in total. The van der Waals surface area contributed by atoms with Crippen LogP contribution in [0.25, 0.3) is 0 Å². The molecule has 1 aromatic carbocycles. The molecule has 24 heavy (non-hydrogen) atoms. The zero-order valence-corrected chi connectivity index (χ0v) is 17.1.